The zero-order chi connectivity index (χ0) is 13.1. The number of thiophene rings is 1. The van der Waals surface area contributed by atoms with Crippen LogP contribution in [-0.2, 0) is 4.79 Å². The van der Waals surface area contributed by atoms with Crippen LogP contribution in [0.4, 0.5) is 0 Å². The van der Waals surface area contributed by atoms with E-state index in [1.807, 2.05) is 0 Å². The maximum absolute atomic E-state index is 11.4. The zero-order valence-electron chi connectivity index (χ0n) is 11.2. The smallest absolute Gasteiger partial charge is 0.307 e. The minimum Gasteiger partial charge on any atom is -0.481 e. The van der Waals surface area contributed by atoms with Crippen molar-refractivity contribution in [3.05, 3.63) is 21.9 Å². The van der Waals surface area contributed by atoms with Crippen LogP contribution >= 0.6 is 11.3 Å². The van der Waals surface area contributed by atoms with E-state index in [1.165, 1.54) is 23.3 Å². The summed E-state index contributed by atoms with van der Waals surface area (Å²) in [5.74, 6) is 0.166. The molecule has 3 atom stereocenters. The van der Waals surface area contributed by atoms with Gasteiger partial charge in [-0.3, -0.25) is 4.79 Å². The molecule has 1 aromatic rings. The molecule has 0 bridgehead atoms. The van der Waals surface area contributed by atoms with Crippen molar-refractivity contribution in [2.45, 2.75) is 51.9 Å². The van der Waals surface area contributed by atoms with E-state index in [0.717, 1.165) is 25.2 Å². The van der Waals surface area contributed by atoms with Crippen molar-refractivity contribution < 1.29 is 9.90 Å². The molecule has 1 N–H and O–H groups in total. The third-order valence-corrected chi connectivity index (χ3v) is 5.03. The molecule has 1 heterocycles. The second kappa shape index (κ2) is 5.87. The van der Waals surface area contributed by atoms with Crippen LogP contribution in [-0.4, -0.2) is 11.1 Å². The fourth-order valence-corrected chi connectivity index (χ4v) is 4.02. The highest BCUT2D eigenvalue weighted by atomic mass is 32.1. The van der Waals surface area contributed by atoms with E-state index in [1.54, 1.807) is 11.3 Å². The molecule has 0 amide bonds. The average Bonchev–Trinajstić information content (AvgIpc) is 2.76. The number of hydrogen-bond donors (Lipinski definition) is 1. The van der Waals surface area contributed by atoms with Gasteiger partial charge in [0.2, 0.25) is 0 Å². The topological polar surface area (TPSA) is 37.3 Å². The molecule has 1 fully saturated rings. The largest absolute Gasteiger partial charge is 0.481 e. The first-order chi connectivity index (χ1) is 8.61. The summed E-state index contributed by atoms with van der Waals surface area (Å²) < 4.78 is 0. The molecule has 1 aliphatic carbocycles. The van der Waals surface area contributed by atoms with Gasteiger partial charge < -0.3 is 5.11 Å². The predicted octanol–water partition coefficient (Wildman–Crippen LogP) is 4.44. The standard InChI is InChI=1S/C15H22O2S/c1-3-4-11-5-6-13(15(16)17)14(8-11)12-7-10(2)18-9-12/h7,9,11,13-14H,3-6,8H2,1-2H3,(H,16,17). The van der Waals surface area contributed by atoms with Gasteiger partial charge in [0, 0.05) is 4.88 Å². The summed E-state index contributed by atoms with van der Waals surface area (Å²) >= 11 is 1.73. The molecule has 3 heteroatoms. The van der Waals surface area contributed by atoms with Crippen molar-refractivity contribution in [1.29, 1.82) is 0 Å². The number of carboxylic acids is 1. The monoisotopic (exact) mass is 266 g/mol. The van der Waals surface area contributed by atoms with E-state index in [9.17, 15) is 9.90 Å². The zero-order valence-corrected chi connectivity index (χ0v) is 12.0. The Balaban J connectivity index is 2.17. The minimum absolute atomic E-state index is 0.174. The van der Waals surface area contributed by atoms with Crippen molar-refractivity contribution >= 4 is 17.3 Å². The first-order valence-corrected chi connectivity index (χ1v) is 7.77. The molecular formula is C15H22O2S. The third kappa shape index (κ3) is 2.94. The molecule has 0 radical (unpaired) electrons. The summed E-state index contributed by atoms with van der Waals surface area (Å²) in [4.78, 5) is 12.7. The summed E-state index contributed by atoms with van der Waals surface area (Å²) in [5.41, 5.74) is 1.26. The van der Waals surface area contributed by atoms with E-state index in [2.05, 4.69) is 25.3 Å². The number of aryl methyl sites for hydroxylation is 1. The van der Waals surface area contributed by atoms with Gasteiger partial charge in [0.1, 0.15) is 0 Å². The normalized spacial score (nSPS) is 28.2. The van der Waals surface area contributed by atoms with Gasteiger partial charge in [-0.05, 0) is 55.0 Å². The number of aliphatic carboxylic acids is 1. The van der Waals surface area contributed by atoms with E-state index in [-0.39, 0.29) is 11.8 Å². The third-order valence-electron chi connectivity index (χ3n) is 4.15. The van der Waals surface area contributed by atoms with Gasteiger partial charge in [0.05, 0.1) is 5.92 Å². The van der Waals surface area contributed by atoms with E-state index >= 15 is 0 Å². The molecule has 3 unspecified atom stereocenters. The lowest BCUT2D eigenvalue weighted by Gasteiger charge is -2.33. The average molecular weight is 266 g/mol. The summed E-state index contributed by atoms with van der Waals surface area (Å²) in [6.45, 7) is 4.31. The highest BCUT2D eigenvalue weighted by molar-refractivity contribution is 7.10. The Morgan fingerprint density at radius 1 is 1.50 bits per heavy atom. The van der Waals surface area contributed by atoms with Crippen molar-refractivity contribution in [2.24, 2.45) is 11.8 Å². The summed E-state index contributed by atoms with van der Waals surface area (Å²) in [7, 11) is 0. The molecule has 100 valence electrons. The molecule has 18 heavy (non-hydrogen) atoms. The second-order valence-corrected chi connectivity index (χ2v) is 6.63. The van der Waals surface area contributed by atoms with Gasteiger partial charge in [-0.15, -0.1) is 11.3 Å². The van der Waals surface area contributed by atoms with Gasteiger partial charge in [0.25, 0.3) is 0 Å². The Morgan fingerprint density at radius 2 is 2.28 bits per heavy atom. The number of rotatable bonds is 4. The Labute approximate surface area is 113 Å². The highest BCUT2D eigenvalue weighted by Crippen LogP contribution is 2.43. The van der Waals surface area contributed by atoms with Crippen LogP contribution in [0, 0.1) is 18.8 Å². The first kappa shape index (κ1) is 13.6. The maximum Gasteiger partial charge on any atom is 0.307 e. The summed E-state index contributed by atoms with van der Waals surface area (Å²) in [5, 5.41) is 11.6. The molecule has 0 saturated heterocycles. The van der Waals surface area contributed by atoms with Gasteiger partial charge in [-0.1, -0.05) is 19.8 Å². The SMILES string of the molecule is CCCC1CCC(C(=O)O)C(c2csc(C)c2)C1. The Kier molecular flexibility index (Phi) is 4.44. The highest BCUT2D eigenvalue weighted by Gasteiger charge is 2.35. The lowest BCUT2D eigenvalue weighted by atomic mass is 9.70. The fraction of sp³-hybridized carbons (Fsp3) is 0.667. The Hall–Kier alpha value is -0.830. The van der Waals surface area contributed by atoms with Crippen molar-refractivity contribution in [2.75, 3.05) is 0 Å². The fourth-order valence-electron chi connectivity index (χ4n) is 3.25. The quantitative estimate of drug-likeness (QED) is 0.874. The van der Waals surface area contributed by atoms with Gasteiger partial charge >= 0.3 is 5.97 Å². The second-order valence-electron chi connectivity index (χ2n) is 5.51. The molecule has 0 aliphatic heterocycles. The van der Waals surface area contributed by atoms with Crippen LogP contribution in [0.1, 0.15) is 55.4 Å². The molecule has 1 aromatic heterocycles. The van der Waals surface area contributed by atoms with Crippen molar-refractivity contribution in [1.82, 2.24) is 0 Å². The summed E-state index contributed by atoms with van der Waals surface area (Å²) in [6.07, 6.45) is 5.44. The molecule has 1 aliphatic rings. The molecule has 2 rings (SSSR count). The van der Waals surface area contributed by atoms with Gasteiger partial charge in [-0.2, -0.15) is 0 Å². The number of carbonyl (C=O) groups is 1. The van der Waals surface area contributed by atoms with E-state index < -0.39 is 5.97 Å². The Morgan fingerprint density at radius 3 is 2.83 bits per heavy atom. The van der Waals surface area contributed by atoms with Gasteiger partial charge in [0.15, 0.2) is 0 Å². The molecule has 0 aromatic carbocycles. The van der Waals surface area contributed by atoms with Crippen LogP contribution in [0.2, 0.25) is 0 Å². The lowest BCUT2D eigenvalue weighted by molar-refractivity contribution is -0.143. The van der Waals surface area contributed by atoms with Crippen LogP contribution < -0.4 is 0 Å². The molecule has 2 nitrogen and oxygen atoms in total. The lowest BCUT2D eigenvalue weighted by Crippen LogP contribution is -2.29. The van der Waals surface area contributed by atoms with Crippen LogP contribution in [0.15, 0.2) is 11.4 Å². The van der Waals surface area contributed by atoms with E-state index in [4.69, 9.17) is 0 Å². The molecule has 1 saturated carbocycles. The predicted molar refractivity (Wildman–Crippen MR) is 75.2 cm³/mol. The van der Waals surface area contributed by atoms with Crippen LogP contribution in [0.5, 0.6) is 0 Å². The number of hydrogen-bond acceptors (Lipinski definition) is 2. The van der Waals surface area contributed by atoms with Crippen molar-refractivity contribution in [3.8, 4) is 0 Å². The van der Waals surface area contributed by atoms with Gasteiger partial charge in [-0.25, -0.2) is 0 Å². The van der Waals surface area contributed by atoms with Crippen molar-refractivity contribution in [3.63, 3.8) is 0 Å². The maximum atomic E-state index is 11.4. The first-order valence-electron chi connectivity index (χ1n) is 6.89. The van der Waals surface area contributed by atoms with E-state index in [0.29, 0.717) is 0 Å². The minimum atomic E-state index is -0.612. The Bertz CT molecular complexity index is 410. The van der Waals surface area contributed by atoms with Crippen LogP contribution in [0.3, 0.4) is 0 Å². The van der Waals surface area contributed by atoms with Crippen LogP contribution in [0.25, 0.3) is 0 Å². The summed E-state index contributed by atoms with van der Waals surface area (Å²) in [6, 6.07) is 2.18. The number of carboxylic acid groups (broad SMARTS) is 1. The molecule has 0 spiro atoms. The molecular weight excluding hydrogens is 244 g/mol.